The van der Waals surface area contributed by atoms with E-state index in [-0.39, 0.29) is 0 Å². The van der Waals surface area contributed by atoms with Crippen LogP contribution < -0.4 is 0 Å². The molecular formula is C20H26. The molecule has 0 nitrogen and oxygen atoms in total. The van der Waals surface area contributed by atoms with Crippen molar-refractivity contribution in [1.29, 1.82) is 0 Å². The highest BCUT2D eigenvalue weighted by atomic mass is 14.5. The van der Waals surface area contributed by atoms with E-state index >= 15 is 0 Å². The lowest BCUT2D eigenvalue weighted by molar-refractivity contribution is 0.123. The summed E-state index contributed by atoms with van der Waals surface area (Å²) in [6.45, 7) is 0. The Morgan fingerprint density at radius 2 is 1.20 bits per heavy atom. The second kappa shape index (κ2) is 5.39. The quantitative estimate of drug-likeness (QED) is 0.536. The number of fused-ring (bicyclic) bond motifs is 2. The van der Waals surface area contributed by atoms with E-state index in [0.717, 1.165) is 23.7 Å². The zero-order chi connectivity index (χ0) is 13.4. The largest absolute Gasteiger partial charge is 0.0623 e. The minimum atomic E-state index is 0.869. The second-order valence-electron chi connectivity index (χ2n) is 7.13. The smallest absolute Gasteiger partial charge is 0.0122 e. The average molecular weight is 266 g/mol. The summed E-state index contributed by atoms with van der Waals surface area (Å²) >= 11 is 0. The molecular weight excluding hydrogens is 240 g/mol. The van der Waals surface area contributed by atoms with Crippen LogP contribution in [0.1, 0.15) is 51.4 Å². The van der Waals surface area contributed by atoms with Crippen LogP contribution in [0.3, 0.4) is 0 Å². The predicted molar refractivity (Wildman–Crippen MR) is 85.3 cm³/mol. The van der Waals surface area contributed by atoms with Crippen LogP contribution in [-0.4, -0.2) is 0 Å². The molecule has 0 bridgehead atoms. The monoisotopic (exact) mass is 266 g/mol. The van der Waals surface area contributed by atoms with Gasteiger partial charge in [0.25, 0.3) is 0 Å². The second-order valence-corrected chi connectivity index (χ2v) is 7.13. The van der Waals surface area contributed by atoms with Crippen LogP contribution in [0.2, 0.25) is 0 Å². The van der Waals surface area contributed by atoms with Gasteiger partial charge < -0.3 is 0 Å². The minimum Gasteiger partial charge on any atom is -0.0623 e. The molecule has 0 aromatic carbocycles. The number of hydrogen-bond acceptors (Lipinski definition) is 0. The fraction of sp³-hybridized carbons (Fsp3) is 0.600. The fourth-order valence-corrected chi connectivity index (χ4v) is 5.44. The average Bonchev–Trinajstić information content (AvgIpc) is 2.68. The van der Waals surface area contributed by atoms with Gasteiger partial charge in [-0.3, -0.25) is 0 Å². The van der Waals surface area contributed by atoms with Gasteiger partial charge in [0.05, 0.1) is 0 Å². The Morgan fingerprint density at radius 3 is 1.95 bits per heavy atom. The van der Waals surface area contributed by atoms with E-state index in [4.69, 9.17) is 0 Å². The van der Waals surface area contributed by atoms with Crippen molar-refractivity contribution in [2.24, 2.45) is 23.7 Å². The summed E-state index contributed by atoms with van der Waals surface area (Å²) < 4.78 is 0. The van der Waals surface area contributed by atoms with Crippen molar-refractivity contribution in [2.75, 3.05) is 0 Å². The third-order valence-electron chi connectivity index (χ3n) is 6.17. The summed E-state index contributed by atoms with van der Waals surface area (Å²) in [6, 6.07) is 0. The molecule has 2 saturated carbocycles. The molecule has 0 heteroatoms. The van der Waals surface area contributed by atoms with Gasteiger partial charge in [0.1, 0.15) is 0 Å². The van der Waals surface area contributed by atoms with Crippen molar-refractivity contribution in [3.8, 4) is 0 Å². The molecule has 0 aliphatic heterocycles. The molecule has 106 valence electrons. The van der Waals surface area contributed by atoms with Crippen molar-refractivity contribution >= 4 is 0 Å². The van der Waals surface area contributed by atoms with E-state index in [0.29, 0.717) is 0 Å². The van der Waals surface area contributed by atoms with E-state index in [1.807, 2.05) is 0 Å². The van der Waals surface area contributed by atoms with E-state index in [2.05, 4.69) is 36.5 Å². The first-order valence-corrected chi connectivity index (χ1v) is 8.70. The summed E-state index contributed by atoms with van der Waals surface area (Å²) in [4.78, 5) is 0. The first-order valence-electron chi connectivity index (χ1n) is 8.70. The van der Waals surface area contributed by atoms with Gasteiger partial charge >= 0.3 is 0 Å². The molecule has 20 heavy (non-hydrogen) atoms. The van der Waals surface area contributed by atoms with Crippen molar-refractivity contribution in [3.63, 3.8) is 0 Å². The SMILES string of the molecule is C1=CC=CC2=C(C=C1)C1CCCCCC3CCCC2C31. The predicted octanol–water partition coefficient (Wildman–Crippen LogP) is 5.59. The van der Waals surface area contributed by atoms with Crippen LogP contribution in [0.5, 0.6) is 0 Å². The van der Waals surface area contributed by atoms with Gasteiger partial charge in [-0.2, -0.15) is 0 Å². The number of rotatable bonds is 0. The van der Waals surface area contributed by atoms with Gasteiger partial charge in [0, 0.05) is 0 Å². The number of hydrogen-bond donors (Lipinski definition) is 0. The summed E-state index contributed by atoms with van der Waals surface area (Å²) in [5.74, 6) is 3.73. The summed E-state index contributed by atoms with van der Waals surface area (Å²) in [6.07, 6.45) is 25.5. The Bertz CT molecular complexity index is 488. The van der Waals surface area contributed by atoms with Gasteiger partial charge in [0.2, 0.25) is 0 Å². The fourth-order valence-electron chi connectivity index (χ4n) is 5.44. The molecule has 0 radical (unpaired) electrons. The lowest BCUT2D eigenvalue weighted by Gasteiger charge is -2.40. The van der Waals surface area contributed by atoms with Gasteiger partial charge in [-0.05, 0) is 47.7 Å². The Hall–Kier alpha value is -1.04. The molecule has 0 spiro atoms. The third-order valence-corrected chi connectivity index (χ3v) is 6.17. The molecule has 2 fully saturated rings. The zero-order valence-corrected chi connectivity index (χ0v) is 12.4. The number of allylic oxidation sites excluding steroid dienone is 8. The molecule has 0 aromatic rings. The van der Waals surface area contributed by atoms with Crippen molar-refractivity contribution in [1.82, 2.24) is 0 Å². The van der Waals surface area contributed by atoms with Crippen LogP contribution >= 0.6 is 0 Å². The van der Waals surface area contributed by atoms with Crippen LogP contribution in [-0.2, 0) is 0 Å². The molecule has 0 aromatic heterocycles. The molecule has 4 atom stereocenters. The zero-order valence-electron chi connectivity index (χ0n) is 12.4. The lowest BCUT2D eigenvalue weighted by atomic mass is 9.65. The van der Waals surface area contributed by atoms with Crippen molar-refractivity contribution < 1.29 is 0 Å². The van der Waals surface area contributed by atoms with E-state index in [1.54, 1.807) is 11.1 Å². The molecule has 4 aliphatic carbocycles. The molecule has 4 unspecified atom stereocenters. The van der Waals surface area contributed by atoms with Gasteiger partial charge in [-0.1, -0.05) is 75.0 Å². The first-order chi connectivity index (χ1) is 9.95. The maximum atomic E-state index is 2.44. The summed E-state index contributed by atoms with van der Waals surface area (Å²) in [5, 5.41) is 0. The molecule has 0 heterocycles. The topological polar surface area (TPSA) is 0 Å². The minimum absolute atomic E-state index is 0.869. The van der Waals surface area contributed by atoms with Gasteiger partial charge in [-0.15, -0.1) is 0 Å². The molecule has 4 rings (SSSR count). The Kier molecular flexibility index (Phi) is 3.42. The van der Waals surface area contributed by atoms with Crippen LogP contribution in [0, 0.1) is 23.7 Å². The van der Waals surface area contributed by atoms with Crippen molar-refractivity contribution in [2.45, 2.75) is 51.4 Å². The summed E-state index contributed by atoms with van der Waals surface area (Å²) in [5.41, 5.74) is 3.40. The highest BCUT2D eigenvalue weighted by Crippen LogP contribution is 2.56. The van der Waals surface area contributed by atoms with E-state index < -0.39 is 0 Å². The molecule has 0 N–H and O–H groups in total. The highest BCUT2D eigenvalue weighted by Gasteiger charge is 2.46. The maximum Gasteiger partial charge on any atom is -0.0122 e. The molecule has 0 saturated heterocycles. The standard InChI is InChI=1S/C20H26/c1-2-6-12-17-16(11-5-1)18-13-7-3-4-9-15-10-8-14-19(17)20(15)18/h1-2,5-6,11-12,15,18-20H,3-4,7-10,13-14H2. The van der Waals surface area contributed by atoms with E-state index in [9.17, 15) is 0 Å². The third kappa shape index (κ3) is 2.05. The maximum absolute atomic E-state index is 2.44. The Labute approximate surface area is 123 Å². The highest BCUT2D eigenvalue weighted by molar-refractivity contribution is 5.45. The van der Waals surface area contributed by atoms with Crippen molar-refractivity contribution in [3.05, 3.63) is 47.6 Å². The van der Waals surface area contributed by atoms with Crippen LogP contribution in [0.4, 0.5) is 0 Å². The van der Waals surface area contributed by atoms with Gasteiger partial charge in [0.15, 0.2) is 0 Å². The van der Waals surface area contributed by atoms with Gasteiger partial charge in [-0.25, -0.2) is 0 Å². The van der Waals surface area contributed by atoms with Crippen LogP contribution in [0.25, 0.3) is 0 Å². The lowest BCUT2D eigenvalue weighted by Crippen LogP contribution is -2.31. The molecule has 0 amide bonds. The van der Waals surface area contributed by atoms with Crippen LogP contribution in [0.15, 0.2) is 47.6 Å². The molecule has 4 aliphatic rings. The van der Waals surface area contributed by atoms with E-state index in [1.165, 1.54) is 51.4 Å². The normalized spacial score (nSPS) is 39.6. The summed E-state index contributed by atoms with van der Waals surface area (Å²) in [7, 11) is 0. The Balaban J connectivity index is 1.75. The first kappa shape index (κ1) is 12.7. The Morgan fingerprint density at radius 1 is 0.600 bits per heavy atom.